The van der Waals surface area contributed by atoms with E-state index in [1.807, 2.05) is 24.3 Å². The molecule has 1 aromatic heterocycles. The highest BCUT2D eigenvalue weighted by Gasteiger charge is 2.17. The molecule has 1 atom stereocenters. The Morgan fingerprint density at radius 1 is 1.32 bits per heavy atom. The van der Waals surface area contributed by atoms with Gasteiger partial charge < -0.3 is 15.7 Å². The fourth-order valence-electron chi connectivity index (χ4n) is 2.73. The highest BCUT2D eigenvalue weighted by Crippen LogP contribution is 2.20. The van der Waals surface area contributed by atoms with Crippen molar-refractivity contribution in [3.8, 4) is 0 Å². The highest BCUT2D eigenvalue weighted by atomic mass is 16.3. The second-order valence-electron chi connectivity index (χ2n) is 6.00. The van der Waals surface area contributed by atoms with Gasteiger partial charge in [0.05, 0.1) is 17.9 Å². The van der Waals surface area contributed by atoms with E-state index in [4.69, 9.17) is 5.73 Å². The van der Waals surface area contributed by atoms with Crippen LogP contribution in [0.15, 0.2) is 47.7 Å². The quantitative estimate of drug-likeness (QED) is 0.577. The maximum absolute atomic E-state index is 11.9. The molecule has 2 aromatic rings. The summed E-state index contributed by atoms with van der Waals surface area (Å²) in [6.07, 6.45) is 4.59. The van der Waals surface area contributed by atoms with Crippen molar-refractivity contribution in [2.45, 2.75) is 18.9 Å². The van der Waals surface area contributed by atoms with Gasteiger partial charge in [-0.05, 0) is 42.7 Å². The molecule has 1 aliphatic rings. The first-order chi connectivity index (χ1) is 12.1. The number of hydrogen-bond acceptors (Lipinski definition) is 6. The first kappa shape index (κ1) is 16.9. The Labute approximate surface area is 146 Å². The van der Waals surface area contributed by atoms with Gasteiger partial charge in [0.2, 0.25) is 0 Å². The highest BCUT2D eigenvalue weighted by molar-refractivity contribution is 5.94. The number of pyridine rings is 1. The lowest BCUT2D eigenvalue weighted by molar-refractivity contribution is 0.0955. The van der Waals surface area contributed by atoms with E-state index in [9.17, 15) is 9.90 Å². The van der Waals surface area contributed by atoms with Gasteiger partial charge in [0.1, 0.15) is 5.82 Å². The van der Waals surface area contributed by atoms with Crippen LogP contribution in [0.25, 0.3) is 0 Å². The molecule has 7 heteroatoms. The number of nitrogens with two attached hydrogens (primary N) is 1. The van der Waals surface area contributed by atoms with Gasteiger partial charge >= 0.3 is 0 Å². The number of benzene rings is 1. The molecule has 25 heavy (non-hydrogen) atoms. The molecule has 0 aliphatic carbocycles. The summed E-state index contributed by atoms with van der Waals surface area (Å²) in [4.78, 5) is 17.9. The van der Waals surface area contributed by atoms with E-state index in [-0.39, 0.29) is 12.0 Å². The number of nitrogens with one attached hydrogen (secondary N) is 1. The van der Waals surface area contributed by atoms with E-state index in [1.54, 1.807) is 18.3 Å². The number of rotatable bonds is 4. The summed E-state index contributed by atoms with van der Waals surface area (Å²) in [6, 6.07) is 11.0. The number of hydrogen-bond donors (Lipinski definition) is 3. The van der Waals surface area contributed by atoms with E-state index in [2.05, 4.69) is 20.4 Å². The third-order valence-electron chi connectivity index (χ3n) is 4.08. The Balaban J connectivity index is 1.56. The predicted octanol–water partition coefficient (Wildman–Crippen LogP) is 1.39. The number of carbonyl (C=O) groups excluding carboxylic acids is 1. The van der Waals surface area contributed by atoms with Crippen LogP contribution in [0.4, 0.5) is 11.5 Å². The normalized spacial score (nSPS) is 17.6. The molecule has 4 N–H and O–H groups in total. The van der Waals surface area contributed by atoms with Crippen LogP contribution in [0.3, 0.4) is 0 Å². The van der Waals surface area contributed by atoms with Crippen molar-refractivity contribution in [3.63, 3.8) is 0 Å². The zero-order valence-corrected chi connectivity index (χ0v) is 13.8. The molecule has 7 nitrogen and oxygen atoms in total. The standard InChI is InChI=1S/C18H21N5O2/c19-17-8-5-14(11-20-17)18(25)22-21-10-13-3-6-15(7-4-13)23-9-1-2-16(24)12-23/h3-8,10-11,16,24H,1-2,9,12H2,(H2,19,20)(H,22,25)/b21-10+. The molecule has 0 bridgehead atoms. The molecule has 0 radical (unpaired) electrons. The summed E-state index contributed by atoms with van der Waals surface area (Å²) < 4.78 is 0. The molecule has 1 unspecified atom stereocenters. The molecule has 1 amide bonds. The molecular formula is C18H21N5O2. The fraction of sp³-hybridized carbons (Fsp3) is 0.278. The summed E-state index contributed by atoms with van der Waals surface area (Å²) in [5.74, 6) is 0.0176. The first-order valence-corrected chi connectivity index (χ1v) is 8.20. The lowest BCUT2D eigenvalue weighted by Gasteiger charge is -2.32. The zero-order valence-electron chi connectivity index (χ0n) is 13.8. The van der Waals surface area contributed by atoms with Crippen molar-refractivity contribution in [2.24, 2.45) is 5.10 Å². The van der Waals surface area contributed by atoms with E-state index < -0.39 is 0 Å². The molecule has 0 spiro atoms. The van der Waals surface area contributed by atoms with Crippen LogP contribution in [0.1, 0.15) is 28.8 Å². The smallest absolute Gasteiger partial charge is 0.272 e. The number of aliphatic hydroxyl groups excluding tert-OH is 1. The molecule has 1 saturated heterocycles. The first-order valence-electron chi connectivity index (χ1n) is 8.20. The molecule has 130 valence electrons. The number of aliphatic hydroxyl groups is 1. The molecule has 1 aromatic carbocycles. The van der Waals surface area contributed by atoms with Gasteiger partial charge in [0.15, 0.2) is 0 Å². The van der Waals surface area contributed by atoms with Gasteiger partial charge in [0, 0.05) is 25.0 Å². The summed E-state index contributed by atoms with van der Waals surface area (Å²) in [5, 5.41) is 13.7. The second-order valence-corrected chi connectivity index (χ2v) is 6.00. The van der Waals surface area contributed by atoms with Crippen molar-refractivity contribution in [1.82, 2.24) is 10.4 Å². The Morgan fingerprint density at radius 2 is 2.12 bits per heavy atom. The maximum Gasteiger partial charge on any atom is 0.272 e. The van der Waals surface area contributed by atoms with Crippen molar-refractivity contribution >= 4 is 23.6 Å². The van der Waals surface area contributed by atoms with Crippen molar-refractivity contribution < 1.29 is 9.90 Å². The second kappa shape index (κ2) is 7.76. The van der Waals surface area contributed by atoms with Gasteiger partial charge in [0.25, 0.3) is 5.91 Å². The number of β-amino-alcohol motifs (C(OH)–C–C–N with tert-alkyl or cyclic N) is 1. The van der Waals surface area contributed by atoms with E-state index in [0.717, 1.165) is 30.6 Å². The van der Waals surface area contributed by atoms with Crippen LogP contribution in [0.2, 0.25) is 0 Å². The number of amides is 1. The van der Waals surface area contributed by atoms with E-state index in [0.29, 0.717) is 17.9 Å². The predicted molar refractivity (Wildman–Crippen MR) is 97.6 cm³/mol. The number of hydrazone groups is 1. The van der Waals surface area contributed by atoms with Gasteiger partial charge in [-0.15, -0.1) is 0 Å². The largest absolute Gasteiger partial charge is 0.391 e. The lowest BCUT2D eigenvalue weighted by Crippen LogP contribution is -2.38. The van der Waals surface area contributed by atoms with Gasteiger partial charge in [-0.2, -0.15) is 5.10 Å². The molecule has 1 aliphatic heterocycles. The minimum absolute atomic E-state index is 0.256. The third kappa shape index (κ3) is 4.54. The van der Waals surface area contributed by atoms with Crippen LogP contribution in [-0.4, -0.2) is 41.4 Å². The zero-order chi connectivity index (χ0) is 17.6. The average Bonchev–Trinajstić information content (AvgIpc) is 2.63. The Kier molecular flexibility index (Phi) is 5.25. The maximum atomic E-state index is 11.9. The van der Waals surface area contributed by atoms with Crippen molar-refractivity contribution in [1.29, 1.82) is 0 Å². The van der Waals surface area contributed by atoms with E-state index in [1.165, 1.54) is 6.20 Å². The number of nitrogen functional groups attached to an aromatic ring is 1. The minimum atomic E-state index is -0.345. The number of anilines is 2. The number of nitrogens with zero attached hydrogens (tertiary/aromatic N) is 3. The molecular weight excluding hydrogens is 318 g/mol. The Bertz CT molecular complexity index is 743. The van der Waals surface area contributed by atoms with Gasteiger partial charge in [-0.1, -0.05) is 12.1 Å². The SMILES string of the molecule is Nc1ccc(C(=O)N/N=C/c2ccc(N3CCCC(O)C3)cc2)cn1. The van der Waals surface area contributed by atoms with Crippen LogP contribution >= 0.6 is 0 Å². The molecule has 2 heterocycles. The Morgan fingerprint density at radius 3 is 2.80 bits per heavy atom. The van der Waals surface area contributed by atoms with Crippen molar-refractivity contribution in [3.05, 3.63) is 53.7 Å². The summed E-state index contributed by atoms with van der Waals surface area (Å²) in [7, 11) is 0. The topological polar surface area (TPSA) is 104 Å². The van der Waals surface area contributed by atoms with Crippen LogP contribution in [0.5, 0.6) is 0 Å². The van der Waals surface area contributed by atoms with Crippen LogP contribution in [0, 0.1) is 0 Å². The van der Waals surface area contributed by atoms with Crippen LogP contribution in [-0.2, 0) is 0 Å². The number of aromatic nitrogens is 1. The third-order valence-corrected chi connectivity index (χ3v) is 4.08. The lowest BCUT2D eigenvalue weighted by atomic mass is 10.1. The fourth-order valence-corrected chi connectivity index (χ4v) is 2.73. The van der Waals surface area contributed by atoms with Crippen molar-refractivity contribution in [2.75, 3.05) is 23.7 Å². The van der Waals surface area contributed by atoms with Crippen LogP contribution < -0.4 is 16.1 Å². The molecule has 3 rings (SSSR count). The molecule has 0 saturated carbocycles. The minimum Gasteiger partial charge on any atom is -0.391 e. The van der Waals surface area contributed by atoms with Gasteiger partial charge in [-0.3, -0.25) is 4.79 Å². The number of piperidine rings is 1. The Hall–Kier alpha value is -2.93. The molecule has 1 fully saturated rings. The summed E-state index contributed by atoms with van der Waals surface area (Å²) in [6.45, 7) is 1.62. The summed E-state index contributed by atoms with van der Waals surface area (Å²) >= 11 is 0. The van der Waals surface area contributed by atoms with Gasteiger partial charge in [-0.25, -0.2) is 10.4 Å². The average molecular weight is 339 g/mol. The van der Waals surface area contributed by atoms with E-state index >= 15 is 0 Å². The number of carbonyl (C=O) groups is 1. The monoisotopic (exact) mass is 339 g/mol. The summed E-state index contributed by atoms with van der Waals surface area (Å²) in [5.41, 5.74) is 10.3.